The Bertz CT molecular complexity index is 289. The second-order valence-electron chi connectivity index (χ2n) is 5.55. The molecule has 152 valence electrons. The zero-order valence-corrected chi connectivity index (χ0v) is 21.1. The fourth-order valence-electron chi connectivity index (χ4n) is 2.13. The molecule has 0 aliphatic rings. The van der Waals surface area contributed by atoms with E-state index in [9.17, 15) is 0 Å². The predicted molar refractivity (Wildman–Crippen MR) is 114 cm³/mol. The maximum Gasteiger partial charge on any atom is 0.500 e. The molecule has 0 bridgehead atoms. The Labute approximate surface area is 167 Å². The van der Waals surface area contributed by atoms with E-state index in [2.05, 4.69) is 13.8 Å². The molecule has 2 atom stereocenters. The molecule has 0 heterocycles. The van der Waals surface area contributed by atoms with Crippen LogP contribution in [0, 0.1) is 0 Å². The summed E-state index contributed by atoms with van der Waals surface area (Å²) < 4.78 is 32.8. The van der Waals surface area contributed by atoms with Crippen LogP contribution < -0.4 is 0 Å². The van der Waals surface area contributed by atoms with E-state index in [1.54, 1.807) is 42.7 Å². The van der Waals surface area contributed by atoms with E-state index in [4.69, 9.17) is 26.6 Å². The molecule has 0 fully saturated rings. The lowest BCUT2D eigenvalue weighted by atomic mass is 10.4. The minimum atomic E-state index is -2.45. The highest BCUT2D eigenvalue weighted by Gasteiger charge is 2.38. The van der Waals surface area contributed by atoms with Crippen molar-refractivity contribution in [1.29, 1.82) is 0 Å². The predicted octanol–water partition coefficient (Wildman–Crippen LogP) is 4.33. The molecule has 0 aromatic rings. The second-order valence-corrected chi connectivity index (χ2v) is 16.6. The third kappa shape index (κ3) is 9.83. The van der Waals surface area contributed by atoms with E-state index in [0.29, 0.717) is 10.5 Å². The van der Waals surface area contributed by atoms with Crippen LogP contribution in [-0.2, 0) is 26.6 Å². The SMILES string of the molecule is CO[Si](CCC(C)SSSC(C)CC[Si](OC)(OC)OC)(OC)OC. The van der Waals surface area contributed by atoms with E-state index < -0.39 is 17.6 Å². The van der Waals surface area contributed by atoms with Gasteiger partial charge in [0.05, 0.1) is 0 Å². The van der Waals surface area contributed by atoms with E-state index in [-0.39, 0.29) is 0 Å². The van der Waals surface area contributed by atoms with Gasteiger partial charge in [-0.15, -0.1) is 0 Å². The van der Waals surface area contributed by atoms with Crippen LogP contribution in [0.1, 0.15) is 26.7 Å². The van der Waals surface area contributed by atoms with Gasteiger partial charge < -0.3 is 26.6 Å². The molecule has 11 heteroatoms. The van der Waals surface area contributed by atoms with Crippen LogP contribution in [0.15, 0.2) is 0 Å². The van der Waals surface area contributed by atoms with Crippen molar-refractivity contribution in [3.05, 3.63) is 0 Å². The quantitative estimate of drug-likeness (QED) is 0.252. The Hall–Kier alpha value is 1.24. The van der Waals surface area contributed by atoms with Crippen molar-refractivity contribution in [1.82, 2.24) is 0 Å². The summed E-state index contributed by atoms with van der Waals surface area (Å²) in [6.45, 7) is 4.45. The summed E-state index contributed by atoms with van der Waals surface area (Å²) in [5.74, 6) is 0. The van der Waals surface area contributed by atoms with Gasteiger partial charge in [0.15, 0.2) is 0 Å². The molecule has 0 amide bonds. The lowest BCUT2D eigenvalue weighted by molar-refractivity contribution is 0.122. The first-order valence-corrected chi connectivity index (χ1v) is 15.6. The summed E-state index contributed by atoms with van der Waals surface area (Å²) in [4.78, 5) is 0. The standard InChI is InChI=1S/C14H34O6S3Si2/c1-13(9-11-24(15-3,16-4)17-5)21-23-22-14(2)10-12-25(18-6,19-7)20-8/h13-14H,9-12H2,1-8H3. The van der Waals surface area contributed by atoms with Crippen LogP contribution in [0.25, 0.3) is 0 Å². The molecule has 25 heavy (non-hydrogen) atoms. The van der Waals surface area contributed by atoms with Crippen LogP contribution in [0.4, 0.5) is 0 Å². The highest BCUT2D eigenvalue weighted by molar-refractivity contribution is 9.09. The molecule has 2 unspecified atom stereocenters. The third-order valence-corrected chi connectivity index (χ3v) is 14.7. The largest absolute Gasteiger partial charge is 0.500 e. The molecule has 0 aliphatic carbocycles. The van der Waals surface area contributed by atoms with Gasteiger partial charge in [-0.25, -0.2) is 0 Å². The van der Waals surface area contributed by atoms with Crippen LogP contribution in [0.5, 0.6) is 0 Å². The van der Waals surface area contributed by atoms with Crippen molar-refractivity contribution < 1.29 is 26.6 Å². The Kier molecular flexibility index (Phi) is 15.0. The highest BCUT2D eigenvalue weighted by Crippen LogP contribution is 2.43. The van der Waals surface area contributed by atoms with Crippen molar-refractivity contribution in [2.24, 2.45) is 0 Å². The first kappa shape index (κ1) is 26.2. The summed E-state index contributed by atoms with van der Waals surface area (Å²) in [5.41, 5.74) is 0. The maximum absolute atomic E-state index is 5.47. The van der Waals surface area contributed by atoms with E-state index in [0.717, 1.165) is 24.9 Å². The molecule has 0 aliphatic heterocycles. The van der Waals surface area contributed by atoms with Gasteiger partial charge in [0.25, 0.3) is 0 Å². The molecule has 0 radical (unpaired) electrons. The van der Waals surface area contributed by atoms with Crippen molar-refractivity contribution in [3.63, 3.8) is 0 Å². The molecule has 0 N–H and O–H groups in total. The van der Waals surface area contributed by atoms with Crippen LogP contribution in [0.2, 0.25) is 12.1 Å². The summed E-state index contributed by atoms with van der Waals surface area (Å²) in [5, 5.41) is 1.00. The lowest BCUT2D eigenvalue weighted by Crippen LogP contribution is -2.43. The Morgan fingerprint density at radius 3 is 1.12 bits per heavy atom. The van der Waals surface area contributed by atoms with Crippen LogP contribution >= 0.6 is 31.4 Å². The fraction of sp³-hybridized carbons (Fsp3) is 1.00. The molecule has 0 spiro atoms. The molecule has 0 rings (SSSR count). The summed E-state index contributed by atoms with van der Waals surface area (Å²) >= 11 is 0. The number of hydrogen-bond donors (Lipinski definition) is 0. The topological polar surface area (TPSA) is 55.4 Å². The average molecular weight is 451 g/mol. The fourth-order valence-corrected chi connectivity index (χ4v) is 11.4. The molecule has 0 aromatic carbocycles. The van der Waals surface area contributed by atoms with Gasteiger partial charge in [0.2, 0.25) is 0 Å². The monoisotopic (exact) mass is 450 g/mol. The van der Waals surface area contributed by atoms with E-state index in [1.165, 1.54) is 0 Å². The second kappa shape index (κ2) is 14.3. The van der Waals surface area contributed by atoms with Gasteiger partial charge in [-0.2, -0.15) is 0 Å². The highest BCUT2D eigenvalue weighted by atomic mass is 33.5. The first-order chi connectivity index (χ1) is 11.9. The molecular weight excluding hydrogens is 417 g/mol. The number of rotatable bonds is 16. The Morgan fingerprint density at radius 1 is 0.600 bits per heavy atom. The van der Waals surface area contributed by atoms with Crippen molar-refractivity contribution in [3.8, 4) is 0 Å². The summed E-state index contributed by atoms with van der Waals surface area (Å²) in [6, 6.07) is 1.66. The van der Waals surface area contributed by atoms with Gasteiger partial charge in [-0.05, 0) is 22.7 Å². The lowest BCUT2D eigenvalue weighted by Gasteiger charge is -2.26. The minimum absolute atomic E-state index is 0.502. The molecule has 0 aromatic heterocycles. The van der Waals surface area contributed by atoms with Crippen LogP contribution in [0.3, 0.4) is 0 Å². The average Bonchev–Trinajstić information content (AvgIpc) is 2.65. The first-order valence-electron chi connectivity index (χ1n) is 8.16. The van der Waals surface area contributed by atoms with Crippen LogP contribution in [-0.4, -0.2) is 70.8 Å². The van der Waals surface area contributed by atoms with E-state index in [1.807, 2.05) is 31.4 Å². The van der Waals surface area contributed by atoms with Gasteiger partial charge in [-0.1, -0.05) is 35.4 Å². The zero-order chi connectivity index (χ0) is 19.3. The summed E-state index contributed by atoms with van der Waals surface area (Å²) in [6.07, 6.45) is 2.00. The van der Waals surface area contributed by atoms with Crippen molar-refractivity contribution in [2.75, 3.05) is 42.7 Å². The van der Waals surface area contributed by atoms with Gasteiger partial charge in [-0.3, -0.25) is 0 Å². The minimum Gasteiger partial charge on any atom is -0.377 e. The third-order valence-electron chi connectivity index (χ3n) is 3.99. The molecular formula is C14H34O6S3Si2. The molecule has 0 saturated carbocycles. The maximum atomic E-state index is 5.47. The van der Waals surface area contributed by atoms with Crippen molar-refractivity contribution in [2.45, 2.75) is 49.3 Å². The number of hydrogen-bond acceptors (Lipinski definition) is 9. The summed E-state index contributed by atoms with van der Waals surface area (Å²) in [7, 11) is 10.6. The Morgan fingerprint density at radius 2 is 0.880 bits per heavy atom. The Balaban J connectivity index is 4.05. The smallest absolute Gasteiger partial charge is 0.377 e. The van der Waals surface area contributed by atoms with Gasteiger partial charge in [0.1, 0.15) is 0 Å². The molecule has 6 nitrogen and oxygen atoms in total. The molecule has 0 saturated heterocycles. The van der Waals surface area contributed by atoms with Gasteiger partial charge in [0, 0.05) is 65.2 Å². The van der Waals surface area contributed by atoms with Gasteiger partial charge >= 0.3 is 17.6 Å². The zero-order valence-electron chi connectivity index (χ0n) is 16.7. The normalized spacial score (nSPS) is 15.4. The van der Waals surface area contributed by atoms with E-state index >= 15 is 0 Å². The van der Waals surface area contributed by atoms with Crippen molar-refractivity contribution >= 4 is 49.0 Å².